The molecule has 0 bridgehead atoms. The fourth-order valence-corrected chi connectivity index (χ4v) is 1.88. The van der Waals surface area contributed by atoms with Gasteiger partial charge in [0, 0.05) is 6.07 Å². The quantitative estimate of drug-likeness (QED) is 0.923. The van der Waals surface area contributed by atoms with Crippen LogP contribution < -0.4 is 15.2 Å². The monoisotopic (exact) mass is 268 g/mol. The molecule has 0 amide bonds. The molecule has 0 aliphatic rings. The largest absolute Gasteiger partial charge is 0.493 e. The van der Waals surface area contributed by atoms with Crippen LogP contribution in [0.3, 0.4) is 0 Å². The van der Waals surface area contributed by atoms with Crippen LogP contribution in [0.4, 0.5) is 5.88 Å². The van der Waals surface area contributed by atoms with E-state index in [1.165, 1.54) is 0 Å². The van der Waals surface area contributed by atoms with Crippen LogP contribution in [-0.2, 0) is 0 Å². The maximum absolute atomic E-state index is 6.18. The normalized spacial score (nSPS) is 10.4. The lowest BCUT2D eigenvalue weighted by Gasteiger charge is -2.13. The van der Waals surface area contributed by atoms with Crippen molar-refractivity contribution in [2.45, 2.75) is 6.92 Å². The van der Waals surface area contributed by atoms with E-state index in [0.717, 1.165) is 0 Å². The molecule has 96 valence electrons. The first-order chi connectivity index (χ1) is 8.67. The van der Waals surface area contributed by atoms with Gasteiger partial charge in [-0.1, -0.05) is 16.8 Å². The summed E-state index contributed by atoms with van der Waals surface area (Å²) in [6.45, 7) is 2.36. The molecule has 18 heavy (non-hydrogen) atoms. The summed E-state index contributed by atoms with van der Waals surface area (Å²) in [7, 11) is 1.56. The lowest BCUT2D eigenvalue weighted by atomic mass is 10.1. The van der Waals surface area contributed by atoms with E-state index >= 15 is 0 Å². The second-order valence-electron chi connectivity index (χ2n) is 3.50. The van der Waals surface area contributed by atoms with Crippen LogP contribution in [0, 0.1) is 0 Å². The number of ether oxygens (including phenoxy) is 2. The third kappa shape index (κ3) is 2.22. The summed E-state index contributed by atoms with van der Waals surface area (Å²) in [5, 5.41) is 4.34. The fourth-order valence-electron chi connectivity index (χ4n) is 1.63. The highest BCUT2D eigenvalue weighted by Gasteiger charge is 2.19. The highest BCUT2D eigenvalue weighted by atomic mass is 35.5. The Morgan fingerprint density at radius 2 is 2.22 bits per heavy atom. The molecule has 0 saturated carbocycles. The minimum atomic E-state index is 0.214. The molecule has 0 aliphatic heterocycles. The molecule has 2 rings (SSSR count). The Bertz CT molecular complexity index is 554. The molecule has 5 nitrogen and oxygen atoms in total. The molecule has 0 fully saturated rings. The summed E-state index contributed by atoms with van der Waals surface area (Å²) in [6, 6.07) is 5.03. The van der Waals surface area contributed by atoms with Gasteiger partial charge in [0.2, 0.25) is 5.88 Å². The standard InChI is InChI=1S/C12H13ClN2O3/c1-3-17-12-9(16-2)5-4-7(13)11(12)8-6-10(14)18-15-8/h4-6H,3,14H2,1-2H3. The molecular weight excluding hydrogens is 256 g/mol. The van der Waals surface area contributed by atoms with E-state index in [-0.39, 0.29) is 5.88 Å². The van der Waals surface area contributed by atoms with Crippen LogP contribution in [0.15, 0.2) is 22.7 Å². The number of methoxy groups -OCH3 is 1. The highest BCUT2D eigenvalue weighted by Crippen LogP contribution is 2.42. The molecule has 1 aromatic heterocycles. The van der Waals surface area contributed by atoms with Crippen molar-refractivity contribution in [1.82, 2.24) is 5.16 Å². The average molecular weight is 269 g/mol. The van der Waals surface area contributed by atoms with Gasteiger partial charge in [0.25, 0.3) is 0 Å². The van der Waals surface area contributed by atoms with E-state index in [4.69, 9.17) is 31.3 Å². The predicted molar refractivity (Wildman–Crippen MR) is 69.1 cm³/mol. The number of aromatic nitrogens is 1. The molecule has 0 radical (unpaired) electrons. The molecule has 0 unspecified atom stereocenters. The van der Waals surface area contributed by atoms with E-state index in [0.29, 0.717) is 34.4 Å². The smallest absolute Gasteiger partial charge is 0.222 e. The van der Waals surface area contributed by atoms with Gasteiger partial charge in [0.05, 0.1) is 24.3 Å². The first-order valence-corrected chi connectivity index (χ1v) is 5.77. The molecule has 0 aliphatic carbocycles. The van der Waals surface area contributed by atoms with Crippen molar-refractivity contribution >= 4 is 17.5 Å². The van der Waals surface area contributed by atoms with Gasteiger partial charge in [0.15, 0.2) is 11.5 Å². The van der Waals surface area contributed by atoms with Crippen molar-refractivity contribution in [3.63, 3.8) is 0 Å². The summed E-state index contributed by atoms with van der Waals surface area (Å²) in [4.78, 5) is 0. The zero-order valence-electron chi connectivity index (χ0n) is 10.1. The van der Waals surface area contributed by atoms with Crippen molar-refractivity contribution in [1.29, 1.82) is 0 Å². The van der Waals surface area contributed by atoms with Gasteiger partial charge in [-0.05, 0) is 19.1 Å². The Labute approximate surface area is 109 Å². The second-order valence-corrected chi connectivity index (χ2v) is 3.91. The van der Waals surface area contributed by atoms with Crippen LogP contribution in [0.1, 0.15) is 6.92 Å². The summed E-state index contributed by atoms with van der Waals surface area (Å²) in [5.74, 6) is 1.32. The van der Waals surface area contributed by atoms with Gasteiger partial charge in [-0.3, -0.25) is 0 Å². The molecule has 0 atom stereocenters. The van der Waals surface area contributed by atoms with Gasteiger partial charge in [-0.2, -0.15) is 0 Å². The summed E-state index contributed by atoms with van der Waals surface area (Å²) >= 11 is 6.18. The zero-order valence-corrected chi connectivity index (χ0v) is 10.8. The first-order valence-electron chi connectivity index (χ1n) is 5.39. The number of rotatable bonds is 4. The number of anilines is 1. The SMILES string of the molecule is CCOc1c(OC)ccc(Cl)c1-c1cc(N)on1. The Kier molecular flexibility index (Phi) is 3.62. The van der Waals surface area contributed by atoms with Crippen LogP contribution in [0.2, 0.25) is 5.02 Å². The van der Waals surface area contributed by atoms with Gasteiger partial charge in [0.1, 0.15) is 5.69 Å². The number of halogens is 1. The molecule has 0 spiro atoms. The molecule has 1 heterocycles. The maximum Gasteiger partial charge on any atom is 0.222 e. The number of nitrogens with zero attached hydrogens (tertiary/aromatic N) is 1. The summed E-state index contributed by atoms with van der Waals surface area (Å²) in [5.41, 5.74) is 6.64. The van der Waals surface area contributed by atoms with E-state index in [1.807, 2.05) is 6.92 Å². The fraction of sp³-hybridized carbons (Fsp3) is 0.250. The molecule has 0 saturated heterocycles. The van der Waals surface area contributed by atoms with Crippen molar-refractivity contribution in [3.8, 4) is 22.8 Å². The Hall–Kier alpha value is -1.88. The lowest BCUT2D eigenvalue weighted by Crippen LogP contribution is -1.98. The third-order valence-corrected chi connectivity index (χ3v) is 2.68. The molecule has 6 heteroatoms. The number of nitrogen functional groups attached to an aromatic ring is 1. The number of nitrogens with two attached hydrogens (primary N) is 1. The van der Waals surface area contributed by atoms with Gasteiger partial charge >= 0.3 is 0 Å². The number of benzene rings is 1. The Balaban J connectivity index is 2.63. The minimum absolute atomic E-state index is 0.214. The van der Waals surface area contributed by atoms with Crippen LogP contribution in [0.25, 0.3) is 11.3 Å². The van der Waals surface area contributed by atoms with Gasteiger partial charge in [-0.25, -0.2) is 0 Å². The summed E-state index contributed by atoms with van der Waals surface area (Å²) in [6.07, 6.45) is 0. The van der Waals surface area contributed by atoms with Crippen molar-refractivity contribution in [2.24, 2.45) is 0 Å². The lowest BCUT2D eigenvalue weighted by molar-refractivity contribution is 0.312. The number of hydrogen-bond donors (Lipinski definition) is 1. The predicted octanol–water partition coefficient (Wildman–Crippen LogP) is 2.98. The average Bonchev–Trinajstić information content (AvgIpc) is 2.76. The van der Waals surface area contributed by atoms with Crippen LogP contribution in [0.5, 0.6) is 11.5 Å². The van der Waals surface area contributed by atoms with Crippen molar-refractivity contribution in [3.05, 3.63) is 23.2 Å². The molecule has 2 N–H and O–H groups in total. The highest BCUT2D eigenvalue weighted by molar-refractivity contribution is 6.33. The van der Waals surface area contributed by atoms with E-state index < -0.39 is 0 Å². The minimum Gasteiger partial charge on any atom is -0.493 e. The van der Waals surface area contributed by atoms with Crippen molar-refractivity contribution in [2.75, 3.05) is 19.5 Å². The van der Waals surface area contributed by atoms with Crippen molar-refractivity contribution < 1.29 is 14.0 Å². The second kappa shape index (κ2) is 5.18. The van der Waals surface area contributed by atoms with E-state index in [9.17, 15) is 0 Å². The van der Waals surface area contributed by atoms with Crippen LogP contribution >= 0.6 is 11.6 Å². The maximum atomic E-state index is 6.18. The van der Waals surface area contributed by atoms with Gasteiger partial charge < -0.3 is 19.7 Å². The topological polar surface area (TPSA) is 70.5 Å². The van der Waals surface area contributed by atoms with Gasteiger partial charge in [-0.15, -0.1) is 0 Å². The summed E-state index contributed by atoms with van der Waals surface area (Å²) < 4.78 is 15.7. The van der Waals surface area contributed by atoms with E-state index in [2.05, 4.69) is 5.16 Å². The Morgan fingerprint density at radius 1 is 1.44 bits per heavy atom. The van der Waals surface area contributed by atoms with E-state index in [1.54, 1.807) is 25.3 Å². The first kappa shape index (κ1) is 12.6. The zero-order chi connectivity index (χ0) is 13.1. The molecule has 1 aromatic carbocycles. The Morgan fingerprint density at radius 3 is 2.78 bits per heavy atom. The molecule has 2 aromatic rings. The molecular formula is C12H13ClN2O3. The number of hydrogen-bond acceptors (Lipinski definition) is 5. The third-order valence-electron chi connectivity index (χ3n) is 2.36. The van der Waals surface area contributed by atoms with Crippen LogP contribution in [-0.4, -0.2) is 18.9 Å².